The molecule has 1 rings (SSSR count). The smallest absolute Gasteiger partial charge is 0.332 e. The van der Waals surface area contributed by atoms with Crippen molar-refractivity contribution >= 4 is 17.6 Å². The van der Waals surface area contributed by atoms with Crippen LogP contribution in [-0.4, -0.2) is 48.8 Å². The van der Waals surface area contributed by atoms with E-state index < -0.39 is 12.1 Å². The number of hydrogen-bond donors (Lipinski definition) is 3. The average Bonchev–Trinajstić information content (AvgIpc) is 2.45. The van der Waals surface area contributed by atoms with Gasteiger partial charge in [-0.2, -0.15) is 0 Å². The lowest BCUT2D eigenvalue weighted by molar-refractivity contribution is -0.147. The molecule has 1 aromatic rings. The number of aliphatic carboxylic acids is 1. The van der Waals surface area contributed by atoms with Crippen LogP contribution < -0.4 is 10.2 Å². The highest BCUT2D eigenvalue weighted by molar-refractivity contribution is 5.76. The van der Waals surface area contributed by atoms with Gasteiger partial charge >= 0.3 is 5.97 Å². The monoisotopic (exact) mass is 294 g/mol. The van der Waals surface area contributed by atoms with Crippen molar-refractivity contribution in [2.24, 2.45) is 0 Å². The fraction of sp³-hybridized carbons (Fsp3) is 0.467. The first-order chi connectivity index (χ1) is 9.90. The molecule has 0 aromatic heterocycles. The Morgan fingerprint density at radius 1 is 1.24 bits per heavy atom. The van der Waals surface area contributed by atoms with Gasteiger partial charge in [-0.25, -0.2) is 4.79 Å². The van der Waals surface area contributed by atoms with Crippen molar-refractivity contribution < 1.29 is 19.8 Å². The van der Waals surface area contributed by atoms with Crippen LogP contribution in [0.15, 0.2) is 24.3 Å². The zero-order valence-corrected chi connectivity index (χ0v) is 12.4. The predicted molar refractivity (Wildman–Crippen MR) is 80.4 cm³/mol. The van der Waals surface area contributed by atoms with E-state index in [0.717, 1.165) is 11.3 Å². The van der Waals surface area contributed by atoms with Crippen molar-refractivity contribution in [3.05, 3.63) is 29.8 Å². The minimum absolute atomic E-state index is 0.0125. The summed E-state index contributed by atoms with van der Waals surface area (Å²) in [5.74, 6) is -1.42. The van der Waals surface area contributed by atoms with Gasteiger partial charge in [0.15, 0.2) is 6.10 Å². The molecule has 1 aromatic carbocycles. The van der Waals surface area contributed by atoms with Gasteiger partial charge in [0, 0.05) is 39.2 Å². The zero-order valence-electron chi connectivity index (χ0n) is 12.4. The van der Waals surface area contributed by atoms with E-state index in [-0.39, 0.29) is 18.9 Å². The molecular weight excluding hydrogens is 272 g/mol. The highest BCUT2D eigenvalue weighted by atomic mass is 16.4. The van der Waals surface area contributed by atoms with E-state index in [1.165, 1.54) is 0 Å². The first-order valence-corrected chi connectivity index (χ1v) is 6.84. The van der Waals surface area contributed by atoms with E-state index in [2.05, 4.69) is 5.32 Å². The molecule has 0 fully saturated rings. The molecule has 0 spiro atoms. The number of nitrogens with zero attached hydrogens (tertiary/aromatic N) is 1. The Bertz CT molecular complexity index is 471. The largest absolute Gasteiger partial charge is 0.479 e. The number of amides is 1. The molecule has 1 unspecified atom stereocenters. The highest BCUT2D eigenvalue weighted by Gasteiger charge is 2.12. The summed E-state index contributed by atoms with van der Waals surface area (Å²) in [6.45, 7) is 0.159. The normalized spacial score (nSPS) is 11.8. The van der Waals surface area contributed by atoms with Gasteiger partial charge in [0.2, 0.25) is 5.91 Å². The Morgan fingerprint density at radius 2 is 1.86 bits per heavy atom. The standard InChI is InChI=1S/C15H22N2O4/c1-17(2)12-6-3-11(4-7-12)5-8-14(19)16-10-9-13(18)15(20)21/h3-4,6-7,13,18H,5,8-10H2,1-2H3,(H,16,19)(H,20,21). The summed E-state index contributed by atoms with van der Waals surface area (Å²) in [4.78, 5) is 24.0. The number of carboxylic acid groups (broad SMARTS) is 1. The summed E-state index contributed by atoms with van der Waals surface area (Å²) >= 11 is 0. The molecule has 0 aliphatic heterocycles. The summed E-state index contributed by atoms with van der Waals surface area (Å²) in [6.07, 6.45) is -0.451. The second-order valence-corrected chi connectivity index (χ2v) is 5.05. The van der Waals surface area contributed by atoms with Crippen molar-refractivity contribution in [3.63, 3.8) is 0 Å². The minimum Gasteiger partial charge on any atom is -0.479 e. The van der Waals surface area contributed by atoms with Crippen LogP contribution in [-0.2, 0) is 16.0 Å². The molecule has 0 saturated heterocycles. The molecule has 0 radical (unpaired) electrons. The molecule has 6 nitrogen and oxygen atoms in total. The van der Waals surface area contributed by atoms with Crippen LogP contribution in [0.4, 0.5) is 5.69 Å². The Morgan fingerprint density at radius 3 is 2.38 bits per heavy atom. The van der Waals surface area contributed by atoms with Crippen LogP contribution in [0.2, 0.25) is 0 Å². The lowest BCUT2D eigenvalue weighted by Crippen LogP contribution is -2.30. The number of rotatable bonds is 8. The van der Waals surface area contributed by atoms with Gasteiger partial charge in [-0.1, -0.05) is 12.1 Å². The van der Waals surface area contributed by atoms with E-state index >= 15 is 0 Å². The van der Waals surface area contributed by atoms with Crippen LogP contribution in [0.3, 0.4) is 0 Å². The Labute approximate surface area is 124 Å². The number of aryl methyl sites for hydroxylation is 1. The topological polar surface area (TPSA) is 89.9 Å². The van der Waals surface area contributed by atoms with Crippen LogP contribution >= 0.6 is 0 Å². The van der Waals surface area contributed by atoms with E-state index in [1.54, 1.807) is 0 Å². The number of carbonyl (C=O) groups is 2. The fourth-order valence-corrected chi connectivity index (χ4v) is 1.78. The van der Waals surface area contributed by atoms with Crippen LogP contribution in [0.25, 0.3) is 0 Å². The molecule has 21 heavy (non-hydrogen) atoms. The van der Waals surface area contributed by atoms with Crippen LogP contribution in [0.1, 0.15) is 18.4 Å². The van der Waals surface area contributed by atoms with Gasteiger partial charge in [0.25, 0.3) is 0 Å². The van der Waals surface area contributed by atoms with Gasteiger partial charge < -0.3 is 20.4 Å². The molecule has 1 atom stereocenters. The molecule has 0 bridgehead atoms. The molecule has 0 aliphatic rings. The zero-order chi connectivity index (χ0) is 15.8. The Balaban J connectivity index is 2.28. The number of carboxylic acids is 1. The number of aliphatic hydroxyl groups excluding tert-OH is 1. The molecule has 0 aliphatic carbocycles. The molecular formula is C15H22N2O4. The number of nitrogens with one attached hydrogen (secondary N) is 1. The Hall–Kier alpha value is -2.08. The van der Waals surface area contributed by atoms with Gasteiger partial charge in [-0.05, 0) is 24.1 Å². The number of hydrogen-bond acceptors (Lipinski definition) is 4. The summed E-state index contributed by atoms with van der Waals surface area (Å²) < 4.78 is 0. The van der Waals surface area contributed by atoms with E-state index in [1.807, 2.05) is 43.3 Å². The Kier molecular flexibility index (Phi) is 6.68. The fourth-order valence-electron chi connectivity index (χ4n) is 1.78. The van der Waals surface area contributed by atoms with Crippen molar-refractivity contribution in [3.8, 4) is 0 Å². The summed E-state index contributed by atoms with van der Waals surface area (Å²) in [7, 11) is 3.93. The third-order valence-electron chi connectivity index (χ3n) is 3.12. The van der Waals surface area contributed by atoms with Gasteiger partial charge in [-0.3, -0.25) is 4.79 Å². The average molecular weight is 294 g/mol. The third kappa shape index (κ3) is 6.27. The molecule has 0 saturated carbocycles. The van der Waals surface area contributed by atoms with Gasteiger partial charge in [0.05, 0.1) is 0 Å². The summed E-state index contributed by atoms with van der Waals surface area (Å²) in [6, 6.07) is 7.96. The first kappa shape index (κ1) is 17.0. The summed E-state index contributed by atoms with van der Waals surface area (Å²) in [5.41, 5.74) is 2.17. The van der Waals surface area contributed by atoms with E-state index in [9.17, 15) is 9.59 Å². The highest BCUT2D eigenvalue weighted by Crippen LogP contribution is 2.13. The molecule has 6 heteroatoms. The third-order valence-corrected chi connectivity index (χ3v) is 3.12. The van der Waals surface area contributed by atoms with Crippen LogP contribution in [0.5, 0.6) is 0 Å². The lowest BCUT2D eigenvalue weighted by atomic mass is 10.1. The van der Waals surface area contributed by atoms with E-state index in [0.29, 0.717) is 12.8 Å². The maximum atomic E-state index is 11.6. The van der Waals surface area contributed by atoms with Crippen molar-refractivity contribution in [1.82, 2.24) is 5.32 Å². The van der Waals surface area contributed by atoms with Crippen molar-refractivity contribution in [1.29, 1.82) is 0 Å². The molecule has 116 valence electrons. The van der Waals surface area contributed by atoms with Gasteiger partial charge in [0.1, 0.15) is 0 Å². The first-order valence-electron chi connectivity index (χ1n) is 6.84. The quantitative estimate of drug-likeness (QED) is 0.654. The number of aliphatic hydroxyl groups is 1. The SMILES string of the molecule is CN(C)c1ccc(CCC(=O)NCCC(O)C(=O)O)cc1. The van der Waals surface area contributed by atoms with Gasteiger partial charge in [-0.15, -0.1) is 0 Å². The second kappa shape index (κ2) is 8.26. The van der Waals surface area contributed by atoms with E-state index in [4.69, 9.17) is 10.2 Å². The molecule has 3 N–H and O–H groups in total. The van der Waals surface area contributed by atoms with Crippen molar-refractivity contribution in [2.45, 2.75) is 25.4 Å². The predicted octanol–water partition coefficient (Wildman–Crippen LogP) is 0.637. The minimum atomic E-state index is -1.43. The second-order valence-electron chi connectivity index (χ2n) is 5.05. The maximum Gasteiger partial charge on any atom is 0.332 e. The lowest BCUT2D eigenvalue weighted by Gasteiger charge is -2.12. The maximum absolute atomic E-state index is 11.6. The van der Waals surface area contributed by atoms with Crippen LogP contribution in [0, 0.1) is 0 Å². The number of benzene rings is 1. The number of anilines is 1. The molecule has 0 heterocycles. The summed E-state index contributed by atoms with van der Waals surface area (Å²) in [5, 5.41) is 20.2. The van der Waals surface area contributed by atoms with Crippen molar-refractivity contribution in [2.75, 3.05) is 25.5 Å². The number of carbonyl (C=O) groups excluding carboxylic acids is 1. The molecule has 1 amide bonds.